The van der Waals surface area contributed by atoms with Gasteiger partial charge >= 0.3 is 0 Å². The molecule has 4 heteroatoms. The second-order valence-electron chi connectivity index (χ2n) is 5.21. The maximum absolute atomic E-state index is 9.95. The lowest BCUT2D eigenvalue weighted by Crippen LogP contribution is -2.31. The predicted molar refractivity (Wildman–Crippen MR) is 75.5 cm³/mol. The summed E-state index contributed by atoms with van der Waals surface area (Å²) < 4.78 is 5.37. The highest BCUT2D eigenvalue weighted by molar-refractivity contribution is 5.42. The van der Waals surface area contributed by atoms with Gasteiger partial charge in [-0.3, -0.25) is 5.32 Å². The summed E-state index contributed by atoms with van der Waals surface area (Å²) >= 11 is 0. The maximum atomic E-state index is 9.95. The molecule has 1 heterocycles. The van der Waals surface area contributed by atoms with Gasteiger partial charge in [-0.05, 0) is 48.6 Å². The number of phenolic OH excluding ortho intramolecular Hbond substituents is 1. The third-order valence-corrected chi connectivity index (χ3v) is 3.95. The van der Waals surface area contributed by atoms with Crippen LogP contribution in [0.5, 0.6) is 5.75 Å². The average Bonchev–Trinajstić information content (AvgIpc) is 2.99. The first-order chi connectivity index (χ1) is 9.79. The molecule has 0 saturated heterocycles. The molecule has 0 amide bonds. The van der Waals surface area contributed by atoms with Gasteiger partial charge < -0.3 is 14.6 Å². The summed E-state index contributed by atoms with van der Waals surface area (Å²) in [4.78, 5) is 0. The zero-order chi connectivity index (χ0) is 13.9. The maximum Gasteiger partial charge on any atom is 0.123 e. The van der Waals surface area contributed by atoms with E-state index in [4.69, 9.17) is 4.42 Å². The molecule has 2 atom stereocenters. The standard InChI is InChI=1S/C16H19NO3/c18-10-14(16-8-3-9-20-16)17-13-6-1-5-12-11(13)4-2-7-15(12)19/h2-4,7-9,13-14,17-19H,1,5-6,10H2/t13-,14-/m0/s1. The summed E-state index contributed by atoms with van der Waals surface area (Å²) in [7, 11) is 0. The first-order valence-corrected chi connectivity index (χ1v) is 7.00. The summed E-state index contributed by atoms with van der Waals surface area (Å²) in [6.07, 6.45) is 4.54. The molecule has 1 aliphatic rings. The molecule has 106 valence electrons. The van der Waals surface area contributed by atoms with Crippen LogP contribution in [-0.2, 0) is 6.42 Å². The van der Waals surface area contributed by atoms with Gasteiger partial charge in [-0.25, -0.2) is 0 Å². The Morgan fingerprint density at radius 3 is 2.95 bits per heavy atom. The zero-order valence-electron chi connectivity index (χ0n) is 11.2. The summed E-state index contributed by atoms with van der Waals surface area (Å²) in [5.74, 6) is 1.10. The van der Waals surface area contributed by atoms with Crippen molar-refractivity contribution < 1.29 is 14.6 Å². The van der Waals surface area contributed by atoms with Gasteiger partial charge in [0, 0.05) is 6.04 Å². The molecule has 1 aromatic heterocycles. The molecule has 0 unspecified atom stereocenters. The minimum atomic E-state index is -0.219. The smallest absolute Gasteiger partial charge is 0.123 e. The number of rotatable bonds is 4. The van der Waals surface area contributed by atoms with Crippen molar-refractivity contribution in [2.45, 2.75) is 31.3 Å². The molecule has 0 aliphatic heterocycles. The Morgan fingerprint density at radius 1 is 1.30 bits per heavy atom. The van der Waals surface area contributed by atoms with Crippen molar-refractivity contribution in [1.82, 2.24) is 5.32 Å². The Balaban J connectivity index is 1.84. The van der Waals surface area contributed by atoms with Gasteiger partial charge in [0.2, 0.25) is 0 Å². The van der Waals surface area contributed by atoms with Crippen molar-refractivity contribution in [1.29, 1.82) is 0 Å². The molecule has 3 N–H and O–H groups in total. The molecule has 0 spiro atoms. The van der Waals surface area contributed by atoms with Crippen LogP contribution < -0.4 is 5.32 Å². The predicted octanol–water partition coefficient (Wildman–Crippen LogP) is 2.69. The molecule has 3 rings (SSSR count). The summed E-state index contributed by atoms with van der Waals surface area (Å²) in [6.45, 7) is -0.0157. The highest BCUT2D eigenvalue weighted by atomic mass is 16.3. The quantitative estimate of drug-likeness (QED) is 0.801. The molecule has 2 aromatic rings. The monoisotopic (exact) mass is 273 g/mol. The summed E-state index contributed by atoms with van der Waals surface area (Å²) in [6, 6.07) is 9.24. The molecule has 1 aromatic carbocycles. The molecule has 0 bridgehead atoms. The number of aliphatic hydroxyl groups is 1. The van der Waals surface area contributed by atoms with E-state index in [1.165, 1.54) is 0 Å². The Morgan fingerprint density at radius 2 is 2.20 bits per heavy atom. The van der Waals surface area contributed by atoms with Crippen molar-refractivity contribution in [2.24, 2.45) is 0 Å². The highest BCUT2D eigenvalue weighted by Gasteiger charge is 2.25. The molecule has 4 nitrogen and oxygen atoms in total. The lowest BCUT2D eigenvalue weighted by Gasteiger charge is -2.29. The van der Waals surface area contributed by atoms with Crippen LogP contribution >= 0.6 is 0 Å². The van der Waals surface area contributed by atoms with Gasteiger partial charge in [0.05, 0.1) is 18.9 Å². The fourth-order valence-electron chi connectivity index (χ4n) is 2.96. The fraction of sp³-hybridized carbons (Fsp3) is 0.375. The number of phenols is 1. The van der Waals surface area contributed by atoms with Gasteiger partial charge in [0.1, 0.15) is 11.5 Å². The van der Waals surface area contributed by atoms with E-state index in [1.54, 1.807) is 12.3 Å². The Labute approximate surface area is 118 Å². The van der Waals surface area contributed by atoms with E-state index < -0.39 is 0 Å². The van der Waals surface area contributed by atoms with Crippen molar-refractivity contribution in [3.63, 3.8) is 0 Å². The van der Waals surface area contributed by atoms with Crippen molar-refractivity contribution in [3.8, 4) is 5.75 Å². The Kier molecular flexibility index (Phi) is 3.76. The fourth-order valence-corrected chi connectivity index (χ4v) is 2.96. The number of hydrogen-bond acceptors (Lipinski definition) is 4. The van der Waals surface area contributed by atoms with Crippen LogP contribution in [0.1, 0.15) is 41.8 Å². The van der Waals surface area contributed by atoms with E-state index in [1.807, 2.05) is 24.3 Å². The average molecular weight is 273 g/mol. The van der Waals surface area contributed by atoms with E-state index in [-0.39, 0.29) is 18.7 Å². The first-order valence-electron chi connectivity index (χ1n) is 7.00. The Hall–Kier alpha value is -1.78. The van der Waals surface area contributed by atoms with Crippen molar-refractivity contribution in [3.05, 3.63) is 53.5 Å². The lowest BCUT2D eigenvalue weighted by atomic mass is 9.86. The third-order valence-electron chi connectivity index (χ3n) is 3.95. The SMILES string of the molecule is OC[C@H](N[C@H]1CCCc2c(O)cccc21)c1ccco1. The number of benzene rings is 1. The number of fused-ring (bicyclic) bond motifs is 1. The summed E-state index contributed by atoms with van der Waals surface area (Å²) in [5, 5.41) is 22.9. The van der Waals surface area contributed by atoms with E-state index in [0.29, 0.717) is 5.75 Å². The number of aromatic hydroxyl groups is 1. The minimum absolute atomic E-state index is 0.0157. The molecule has 0 fully saturated rings. The highest BCUT2D eigenvalue weighted by Crippen LogP contribution is 2.35. The number of hydrogen-bond donors (Lipinski definition) is 3. The van der Waals surface area contributed by atoms with E-state index in [0.717, 1.165) is 36.1 Å². The van der Waals surface area contributed by atoms with Crippen LogP contribution in [0.2, 0.25) is 0 Å². The third kappa shape index (κ3) is 2.44. The van der Waals surface area contributed by atoms with E-state index in [2.05, 4.69) is 5.32 Å². The van der Waals surface area contributed by atoms with Gasteiger partial charge in [-0.2, -0.15) is 0 Å². The largest absolute Gasteiger partial charge is 0.508 e. The second kappa shape index (κ2) is 5.69. The molecule has 0 saturated carbocycles. The van der Waals surface area contributed by atoms with Crippen LogP contribution in [0.3, 0.4) is 0 Å². The normalized spacial score (nSPS) is 19.6. The molecule has 20 heavy (non-hydrogen) atoms. The molecular formula is C16H19NO3. The van der Waals surface area contributed by atoms with Gasteiger partial charge in [0.25, 0.3) is 0 Å². The molecule has 0 radical (unpaired) electrons. The van der Waals surface area contributed by atoms with Gasteiger partial charge in [-0.15, -0.1) is 0 Å². The zero-order valence-corrected chi connectivity index (χ0v) is 11.2. The lowest BCUT2D eigenvalue weighted by molar-refractivity contribution is 0.210. The van der Waals surface area contributed by atoms with Crippen molar-refractivity contribution in [2.75, 3.05) is 6.61 Å². The Bertz CT molecular complexity index is 565. The first kappa shape index (κ1) is 13.2. The van der Waals surface area contributed by atoms with Crippen LogP contribution in [0, 0.1) is 0 Å². The van der Waals surface area contributed by atoms with E-state index >= 15 is 0 Å². The minimum Gasteiger partial charge on any atom is -0.508 e. The summed E-state index contributed by atoms with van der Waals surface area (Å²) in [5.41, 5.74) is 2.15. The van der Waals surface area contributed by atoms with Crippen LogP contribution in [0.15, 0.2) is 41.0 Å². The second-order valence-corrected chi connectivity index (χ2v) is 5.21. The molecular weight excluding hydrogens is 254 g/mol. The number of furan rings is 1. The van der Waals surface area contributed by atoms with Crippen LogP contribution in [0.25, 0.3) is 0 Å². The number of nitrogens with one attached hydrogen (secondary N) is 1. The molecule has 1 aliphatic carbocycles. The topological polar surface area (TPSA) is 65.6 Å². The number of aliphatic hydroxyl groups excluding tert-OH is 1. The van der Waals surface area contributed by atoms with Crippen LogP contribution in [-0.4, -0.2) is 16.8 Å². The van der Waals surface area contributed by atoms with Gasteiger partial charge in [-0.1, -0.05) is 12.1 Å². The van der Waals surface area contributed by atoms with Crippen molar-refractivity contribution >= 4 is 0 Å². The van der Waals surface area contributed by atoms with Gasteiger partial charge in [0.15, 0.2) is 0 Å². The van der Waals surface area contributed by atoms with E-state index in [9.17, 15) is 10.2 Å². The van der Waals surface area contributed by atoms with Crippen LogP contribution in [0.4, 0.5) is 0 Å².